The van der Waals surface area contributed by atoms with E-state index in [9.17, 15) is 0 Å². The molecule has 4 N–H and O–H groups in total. The number of nitrogens with one attached hydrogen (secondary N) is 1. The molecule has 0 bridgehead atoms. The topological polar surface area (TPSA) is 70.6 Å². The summed E-state index contributed by atoms with van der Waals surface area (Å²) in [6.45, 7) is 0.607. The van der Waals surface area contributed by atoms with Crippen LogP contribution in [0.1, 0.15) is 11.1 Å². The third kappa shape index (κ3) is 3.39. The minimum absolute atomic E-state index is 0.0968. The average Bonchev–Trinajstić information content (AvgIpc) is 2.46. The Labute approximate surface area is 116 Å². The first-order chi connectivity index (χ1) is 9.20. The van der Waals surface area contributed by atoms with Crippen molar-refractivity contribution in [3.05, 3.63) is 64.7 Å². The van der Waals surface area contributed by atoms with Crippen LogP contribution in [0.15, 0.2) is 53.7 Å². The van der Waals surface area contributed by atoms with Crippen molar-refractivity contribution in [1.82, 2.24) is 0 Å². The maximum atomic E-state index is 8.65. The van der Waals surface area contributed by atoms with Crippen molar-refractivity contribution >= 4 is 23.1 Å². The highest BCUT2D eigenvalue weighted by Gasteiger charge is 2.02. The normalized spacial score (nSPS) is 11.3. The number of amidine groups is 1. The Morgan fingerprint density at radius 2 is 2.00 bits per heavy atom. The van der Waals surface area contributed by atoms with E-state index in [4.69, 9.17) is 22.5 Å². The maximum absolute atomic E-state index is 8.65. The van der Waals surface area contributed by atoms with Gasteiger partial charge < -0.3 is 16.3 Å². The Kier molecular flexibility index (Phi) is 4.26. The summed E-state index contributed by atoms with van der Waals surface area (Å²) in [6.07, 6.45) is 0. The molecule has 0 amide bonds. The lowest BCUT2D eigenvalue weighted by molar-refractivity contribution is 0.318. The van der Waals surface area contributed by atoms with Crippen molar-refractivity contribution in [3.8, 4) is 0 Å². The van der Waals surface area contributed by atoms with Crippen molar-refractivity contribution in [2.75, 3.05) is 5.32 Å². The third-order valence-corrected chi connectivity index (χ3v) is 3.02. The van der Waals surface area contributed by atoms with E-state index in [-0.39, 0.29) is 5.84 Å². The number of hydrogen-bond acceptors (Lipinski definition) is 3. The van der Waals surface area contributed by atoms with E-state index < -0.39 is 0 Å². The van der Waals surface area contributed by atoms with Crippen LogP contribution in [0, 0.1) is 0 Å². The molecule has 0 aromatic heterocycles. The van der Waals surface area contributed by atoms with Gasteiger partial charge in [-0.05, 0) is 23.8 Å². The quantitative estimate of drug-likeness (QED) is 0.348. The highest BCUT2D eigenvalue weighted by Crippen LogP contribution is 2.21. The lowest BCUT2D eigenvalue weighted by Gasteiger charge is -2.09. The molecule has 5 heteroatoms. The van der Waals surface area contributed by atoms with Gasteiger partial charge in [0.1, 0.15) is 0 Å². The minimum Gasteiger partial charge on any atom is -0.409 e. The monoisotopic (exact) mass is 275 g/mol. The van der Waals surface area contributed by atoms with Crippen LogP contribution in [-0.4, -0.2) is 11.0 Å². The van der Waals surface area contributed by atoms with Crippen LogP contribution < -0.4 is 11.1 Å². The zero-order valence-electron chi connectivity index (χ0n) is 10.2. The third-order valence-electron chi connectivity index (χ3n) is 2.69. The maximum Gasteiger partial charge on any atom is 0.170 e. The van der Waals surface area contributed by atoms with Gasteiger partial charge in [-0.1, -0.05) is 47.1 Å². The van der Waals surface area contributed by atoms with Crippen molar-refractivity contribution in [3.63, 3.8) is 0 Å². The number of nitrogens with zero attached hydrogens (tertiary/aromatic N) is 1. The fraction of sp³-hybridized carbons (Fsp3) is 0.0714. The molecule has 19 heavy (non-hydrogen) atoms. The van der Waals surface area contributed by atoms with Gasteiger partial charge in [-0.15, -0.1) is 0 Å². The number of nitrogens with two attached hydrogens (primary N) is 1. The molecule has 0 fully saturated rings. The number of oxime groups is 1. The van der Waals surface area contributed by atoms with Gasteiger partial charge in [0, 0.05) is 12.1 Å². The summed E-state index contributed by atoms with van der Waals surface area (Å²) in [5.74, 6) is 0.0968. The Morgan fingerprint density at radius 3 is 2.74 bits per heavy atom. The van der Waals surface area contributed by atoms with E-state index in [1.807, 2.05) is 42.5 Å². The van der Waals surface area contributed by atoms with Crippen LogP contribution in [0.5, 0.6) is 0 Å². The molecular weight excluding hydrogens is 262 g/mol. The van der Waals surface area contributed by atoms with Crippen LogP contribution in [0.4, 0.5) is 5.69 Å². The van der Waals surface area contributed by atoms with Crippen molar-refractivity contribution in [2.45, 2.75) is 6.54 Å². The van der Waals surface area contributed by atoms with Crippen LogP contribution >= 0.6 is 11.6 Å². The second-order valence-electron chi connectivity index (χ2n) is 4.02. The lowest BCUT2D eigenvalue weighted by atomic mass is 10.1. The number of para-hydroxylation sites is 1. The second-order valence-corrected chi connectivity index (χ2v) is 4.43. The minimum atomic E-state index is 0.0968. The van der Waals surface area contributed by atoms with Gasteiger partial charge >= 0.3 is 0 Å². The van der Waals surface area contributed by atoms with Crippen molar-refractivity contribution in [1.29, 1.82) is 0 Å². The Morgan fingerprint density at radius 1 is 1.21 bits per heavy atom. The molecule has 4 nitrogen and oxygen atoms in total. The average molecular weight is 276 g/mol. The van der Waals surface area contributed by atoms with E-state index >= 15 is 0 Å². The number of benzene rings is 2. The highest BCUT2D eigenvalue weighted by molar-refractivity contribution is 6.33. The lowest BCUT2D eigenvalue weighted by Crippen LogP contribution is -2.13. The summed E-state index contributed by atoms with van der Waals surface area (Å²) < 4.78 is 0. The Bertz CT molecular complexity index is 599. The summed E-state index contributed by atoms with van der Waals surface area (Å²) in [7, 11) is 0. The molecule has 0 atom stereocenters. The first-order valence-electron chi connectivity index (χ1n) is 5.76. The van der Waals surface area contributed by atoms with E-state index in [2.05, 4.69) is 10.5 Å². The summed E-state index contributed by atoms with van der Waals surface area (Å²) in [5.41, 5.74) is 8.13. The Balaban J connectivity index is 2.10. The van der Waals surface area contributed by atoms with Crippen LogP contribution in [0.2, 0.25) is 5.02 Å². The summed E-state index contributed by atoms with van der Waals surface area (Å²) >= 11 is 6.06. The molecule has 0 saturated carbocycles. The SMILES string of the molecule is NC(=NO)c1cccc(CNc2ccccc2Cl)c1. The molecule has 0 heterocycles. The van der Waals surface area contributed by atoms with Crippen LogP contribution in [0.25, 0.3) is 0 Å². The van der Waals surface area contributed by atoms with Crippen LogP contribution in [-0.2, 0) is 6.54 Å². The molecule has 0 aliphatic carbocycles. The molecular formula is C14H14ClN3O. The van der Waals surface area contributed by atoms with Gasteiger partial charge in [0.2, 0.25) is 0 Å². The summed E-state index contributed by atoms with van der Waals surface area (Å²) in [6, 6.07) is 15.0. The van der Waals surface area contributed by atoms with Crippen molar-refractivity contribution in [2.24, 2.45) is 10.9 Å². The fourth-order valence-electron chi connectivity index (χ4n) is 1.70. The number of hydrogen-bond donors (Lipinski definition) is 3. The first-order valence-corrected chi connectivity index (χ1v) is 6.14. The fourth-order valence-corrected chi connectivity index (χ4v) is 1.90. The van der Waals surface area contributed by atoms with Gasteiger partial charge in [0.25, 0.3) is 0 Å². The molecule has 2 aromatic rings. The zero-order chi connectivity index (χ0) is 13.7. The molecule has 98 valence electrons. The number of halogens is 1. The second kappa shape index (κ2) is 6.11. The molecule has 0 aliphatic rings. The van der Waals surface area contributed by atoms with Gasteiger partial charge in [0.05, 0.1) is 10.7 Å². The number of anilines is 1. The van der Waals surface area contributed by atoms with E-state index in [1.54, 1.807) is 6.07 Å². The molecule has 0 spiro atoms. The molecule has 0 saturated heterocycles. The Hall–Kier alpha value is -2.20. The summed E-state index contributed by atoms with van der Waals surface area (Å²) in [5, 5.41) is 15.6. The van der Waals surface area contributed by atoms with Gasteiger partial charge in [-0.2, -0.15) is 0 Å². The largest absolute Gasteiger partial charge is 0.409 e. The van der Waals surface area contributed by atoms with Gasteiger partial charge in [-0.3, -0.25) is 0 Å². The summed E-state index contributed by atoms with van der Waals surface area (Å²) in [4.78, 5) is 0. The first kappa shape index (κ1) is 13.2. The molecule has 0 radical (unpaired) electrons. The van der Waals surface area contributed by atoms with Gasteiger partial charge in [0.15, 0.2) is 5.84 Å². The standard InChI is InChI=1S/C14H14ClN3O/c15-12-6-1-2-7-13(12)17-9-10-4-3-5-11(8-10)14(16)18-19/h1-8,17,19H,9H2,(H2,16,18). The van der Waals surface area contributed by atoms with Gasteiger partial charge in [-0.25, -0.2) is 0 Å². The van der Waals surface area contributed by atoms with Crippen LogP contribution in [0.3, 0.4) is 0 Å². The molecule has 0 unspecified atom stereocenters. The predicted molar refractivity (Wildman–Crippen MR) is 77.7 cm³/mol. The van der Waals surface area contributed by atoms with E-state index in [1.165, 1.54) is 0 Å². The van der Waals surface area contributed by atoms with Crippen molar-refractivity contribution < 1.29 is 5.21 Å². The smallest absolute Gasteiger partial charge is 0.170 e. The highest BCUT2D eigenvalue weighted by atomic mass is 35.5. The predicted octanol–water partition coefficient (Wildman–Crippen LogP) is 3.05. The zero-order valence-corrected chi connectivity index (χ0v) is 10.9. The molecule has 2 rings (SSSR count). The molecule has 0 aliphatic heterocycles. The number of rotatable bonds is 4. The molecule has 2 aromatic carbocycles. The van der Waals surface area contributed by atoms with E-state index in [0.29, 0.717) is 17.1 Å². The van der Waals surface area contributed by atoms with E-state index in [0.717, 1.165) is 11.3 Å².